The zero-order valence-corrected chi connectivity index (χ0v) is 11.6. The van der Waals surface area contributed by atoms with Crippen molar-refractivity contribution in [3.63, 3.8) is 0 Å². The molecule has 0 fully saturated rings. The SMILES string of the molecule is Cc1cc(C)c(NC(=S)c2ccccn2)c(C)c1. The molecule has 0 aliphatic heterocycles. The molecule has 0 bridgehead atoms. The normalized spacial score (nSPS) is 10.2. The summed E-state index contributed by atoms with van der Waals surface area (Å²) in [6.45, 7) is 6.27. The Morgan fingerprint density at radius 2 is 1.78 bits per heavy atom. The Morgan fingerprint density at radius 1 is 1.11 bits per heavy atom. The summed E-state index contributed by atoms with van der Waals surface area (Å²) in [5, 5.41) is 3.29. The topological polar surface area (TPSA) is 24.9 Å². The van der Waals surface area contributed by atoms with Crippen molar-refractivity contribution in [1.29, 1.82) is 0 Å². The second kappa shape index (κ2) is 5.27. The lowest BCUT2D eigenvalue weighted by molar-refractivity contribution is 1.28. The third kappa shape index (κ3) is 2.74. The molecule has 0 aliphatic rings. The number of nitrogens with one attached hydrogen (secondary N) is 1. The number of anilines is 1. The minimum atomic E-state index is 0.658. The van der Waals surface area contributed by atoms with Crippen LogP contribution in [0, 0.1) is 20.8 Å². The third-order valence-corrected chi connectivity index (χ3v) is 3.12. The van der Waals surface area contributed by atoms with E-state index in [1.54, 1.807) is 6.20 Å². The molecule has 0 radical (unpaired) electrons. The first-order valence-electron chi connectivity index (χ1n) is 5.88. The Bertz CT molecular complexity index is 553. The molecule has 2 aromatic rings. The van der Waals surface area contributed by atoms with Gasteiger partial charge in [0.05, 0.1) is 5.69 Å². The molecule has 0 unspecified atom stereocenters. The van der Waals surface area contributed by atoms with E-state index in [4.69, 9.17) is 12.2 Å². The fourth-order valence-electron chi connectivity index (χ4n) is 2.05. The number of benzene rings is 1. The van der Waals surface area contributed by atoms with Crippen molar-refractivity contribution in [1.82, 2.24) is 4.98 Å². The van der Waals surface area contributed by atoms with Crippen LogP contribution in [0.2, 0.25) is 0 Å². The van der Waals surface area contributed by atoms with E-state index in [1.807, 2.05) is 18.2 Å². The van der Waals surface area contributed by atoms with E-state index in [2.05, 4.69) is 43.2 Å². The number of aryl methyl sites for hydroxylation is 3. The van der Waals surface area contributed by atoms with E-state index in [1.165, 1.54) is 16.7 Å². The highest BCUT2D eigenvalue weighted by Crippen LogP contribution is 2.22. The lowest BCUT2D eigenvalue weighted by Gasteiger charge is -2.14. The van der Waals surface area contributed by atoms with Crippen LogP contribution in [0.5, 0.6) is 0 Å². The summed E-state index contributed by atoms with van der Waals surface area (Å²) in [6.07, 6.45) is 1.75. The van der Waals surface area contributed by atoms with Crippen molar-refractivity contribution in [2.75, 3.05) is 5.32 Å². The molecule has 18 heavy (non-hydrogen) atoms. The van der Waals surface area contributed by atoms with Crippen LogP contribution in [0.1, 0.15) is 22.4 Å². The van der Waals surface area contributed by atoms with Gasteiger partial charge in [0.2, 0.25) is 0 Å². The molecule has 1 heterocycles. The third-order valence-electron chi connectivity index (χ3n) is 2.81. The van der Waals surface area contributed by atoms with Crippen LogP contribution in [0.15, 0.2) is 36.5 Å². The Morgan fingerprint density at radius 3 is 2.33 bits per heavy atom. The number of hydrogen-bond acceptors (Lipinski definition) is 2. The van der Waals surface area contributed by atoms with Gasteiger partial charge < -0.3 is 5.32 Å². The second-order valence-electron chi connectivity index (χ2n) is 4.44. The molecule has 2 rings (SSSR count). The Labute approximate surface area is 113 Å². The summed E-state index contributed by atoms with van der Waals surface area (Å²) in [7, 11) is 0. The molecular formula is C15H16N2S. The van der Waals surface area contributed by atoms with Crippen LogP contribution in [0.4, 0.5) is 5.69 Å². The summed E-state index contributed by atoms with van der Waals surface area (Å²) in [6, 6.07) is 10.0. The zero-order chi connectivity index (χ0) is 13.1. The highest BCUT2D eigenvalue weighted by atomic mass is 32.1. The molecule has 92 valence electrons. The lowest BCUT2D eigenvalue weighted by Crippen LogP contribution is -2.14. The smallest absolute Gasteiger partial charge is 0.129 e. The Balaban J connectivity index is 2.28. The van der Waals surface area contributed by atoms with Crippen molar-refractivity contribution < 1.29 is 0 Å². The predicted molar refractivity (Wildman–Crippen MR) is 80.2 cm³/mol. The van der Waals surface area contributed by atoms with Gasteiger partial charge in [-0.2, -0.15) is 0 Å². The van der Waals surface area contributed by atoms with Crippen LogP contribution in [-0.2, 0) is 0 Å². The van der Waals surface area contributed by atoms with Crippen molar-refractivity contribution in [2.24, 2.45) is 0 Å². The summed E-state index contributed by atoms with van der Waals surface area (Å²) in [4.78, 5) is 4.91. The molecule has 0 amide bonds. The van der Waals surface area contributed by atoms with Crippen LogP contribution < -0.4 is 5.32 Å². The van der Waals surface area contributed by atoms with Crippen LogP contribution in [0.25, 0.3) is 0 Å². The van der Waals surface area contributed by atoms with Gasteiger partial charge >= 0.3 is 0 Å². The average Bonchev–Trinajstić information content (AvgIpc) is 2.34. The minimum absolute atomic E-state index is 0.658. The molecule has 0 atom stereocenters. The van der Waals surface area contributed by atoms with Gasteiger partial charge in [-0.1, -0.05) is 36.0 Å². The summed E-state index contributed by atoms with van der Waals surface area (Å²) in [5.41, 5.74) is 5.54. The summed E-state index contributed by atoms with van der Waals surface area (Å²) in [5.74, 6) is 0. The molecule has 2 nitrogen and oxygen atoms in total. The van der Waals surface area contributed by atoms with Gasteiger partial charge in [-0.15, -0.1) is 0 Å². The molecule has 1 N–H and O–H groups in total. The van der Waals surface area contributed by atoms with E-state index < -0.39 is 0 Å². The zero-order valence-electron chi connectivity index (χ0n) is 10.8. The highest BCUT2D eigenvalue weighted by molar-refractivity contribution is 7.81. The van der Waals surface area contributed by atoms with Gasteiger partial charge in [-0.05, 0) is 44.0 Å². The van der Waals surface area contributed by atoms with E-state index in [0.717, 1.165) is 11.4 Å². The molecule has 0 spiro atoms. The van der Waals surface area contributed by atoms with Gasteiger partial charge in [0.15, 0.2) is 0 Å². The first kappa shape index (κ1) is 12.7. The summed E-state index contributed by atoms with van der Waals surface area (Å²) < 4.78 is 0. The van der Waals surface area contributed by atoms with Crippen molar-refractivity contribution in [3.05, 3.63) is 58.9 Å². The van der Waals surface area contributed by atoms with E-state index >= 15 is 0 Å². The maximum absolute atomic E-state index is 5.38. The first-order valence-corrected chi connectivity index (χ1v) is 6.29. The van der Waals surface area contributed by atoms with Gasteiger partial charge in [0.25, 0.3) is 0 Å². The number of rotatable bonds is 2. The van der Waals surface area contributed by atoms with Crippen LogP contribution >= 0.6 is 12.2 Å². The fourth-order valence-corrected chi connectivity index (χ4v) is 2.27. The average molecular weight is 256 g/mol. The highest BCUT2D eigenvalue weighted by Gasteiger charge is 2.07. The van der Waals surface area contributed by atoms with E-state index in [-0.39, 0.29) is 0 Å². The maximum Gasteiger partial charge on any atom is 0.129 e. The monoisotopic (exact) mass is 256 g/mol. The number of aromatic nitrogens is 1. The molecule has 0 saturated carbocycles. The maximum atomic E-state index is 5.38. The minimum Gasteiger partial charge on any atom is -0.344 e. The number of pyridine rings is 1. The van der Waals surface area contributed by atoms with Crippen molar-refractivity contribution >= 4 is 22.9 Å². The second-order valence-corrected chi connectivity index (χ2v) is 4.85. The van der Waals surface area contributed by atoms with Gasteiger partial charge in [0.1, 0.15) is 4.99 Å². The van der Waals surface area contributed by atoms with Gasteiger partial charge in [-0.25, -0.2) is 0 Å². The standard InChI is InChI=1S/C15H16N2S/c1-10-8-11(2)14(12(3)9-10)17-15(18)13-6-4-5-7-16-13/h4-9H,1-3H3,(H,17,18). The number of hydrogen-bond donors (Lipinski definition) is 1. The predicted octanol–water partition coefficient (Wildman–Crippen LogP) is 3.79. The Hall–Kier alpha value is -1.74. The largest absolute Gasteiger partial charge is 0.344 e. The molecule has 1 aromatic heterocycles. The van der Waals surface area contributed by atoms with Crippen molar-refractivity contribution in [2.45, 2.75) is 20.8 Å². The molecule has 0 aliphatic carbocycles. The quantitative estimate of drug-likeness (QED) is 0.827. The lowest BCUT2D eigenvalue weighted by atomic mass is 10.1. The first-order chi connectivity index (χ1) is 8.58. The molecule has 3 heteroatoms. The van der Waals surface area contributed by atoms with Crippen LogP contribution in [0.3, 0.4) is 0 Å². The fraction of sp³-hybridized carbons (Fsp3) is 0.200. The Kier molecular flexibility index (Phi) is 3.72. The number of nitrogens with zero attached hydrogens (tertiary/aromatic N) is 1. The van der Waals surface area contributed by atoms with Crippen molar-refractivity contribution in [3.8, 4) is 0 Å². The van der Waals surface area contributed by atoms with Gasteiger partial charge in [0, 0.05) is 11.9 Å². The summed E-state index contributed by atoms with van der Waals surface area (Å²) >= 11 is 5.38. The number of thiocarbonyl (C=S) groups is 1. The molecule has 1 aromatic carbocycles. The van der Waals surface area contributed by atoms with E-state index in [9.17, 15) is 0 Å². The van der Waals surface area contributed by atoms with Gasteiger partial charge in [-0.3, -0.25) is 4.98 Å². The van der Waals surface area contributed by atoms with Crippen LogP contribution in [-0.4, -0.2) is 9.97 Å². The molecule has 0 saturated heterocycles. The van der Waals surface area contributed by atoms with E-state index in [0.29, 0.717) is 4.99 Å². The molecular weight excluding hydrogens is 240 g/mol.